The summed E-state index contributed by atoms with van der Waals surface area (Å²) in [4.78, 5) is 24.8. The molecule has 0 aliphatic carbocycles. The largest absolute Gasteiger partial charge is 0.497 e. The molecule has 0 aliphatic rings. The van der Waals surface area contributed by atoms with Gasteiger partial charge in [-0.3, -0.25) is 9.59 Å². The van der Waals surface area contributed by atoms with Crippen LogP contribution in [0.1, 0.15) is 30.9 Å². The van der Waals surface area contributed by atoms with Crippen molar-refractivity contribution < 1.29 is 13.9 Å². The molecular weight excluding hydrogens is 414 g/mol. The lowest BCUT2D eigenvalue weighted by atomic mass is 10.0. The zero-order chi connectivity index (χ0) is 23.4. The predicted octanol–water partition coefficient (Wildman–Crippen LogP) is 6.24. The molecular formula is C28H25NO4. The Hall–Kier alpha value is -4.12. The fourth-order valence-corrected chi connectivity index (χ4v) is 3.47. The average molecular weight is 440 g/mol. The van der Waals surface area contributed by atoms with E-state index in [0.717, 1.165) is 11.1 Å². The van der Waals surface area contributed by atoms with Gasteiger partial charge in [0.25, 0.3) is 0 Å². The highest BCUT2D eigenvalue weighted by atomic mass is 16.5. The minimum atomic E-state index is -0.220. The average Bonchev–Trinajstić information content (AvgIpc) is 2.83. The van der Waals surface area contributed by atoms with Gasteiger partial charge in [-0.15, -0.1) is 0 Å². The number of rotatable bonds is 6. The van der Waals surface area contributed by atoms with Crippen LogP contribution in [-0.2, 0) is 4.79 Å². The highest BCUT2D eigenvalue weighted by Gasteiger charge is 2.09. The van der Waals surface area contributed by atoms with E-state index in [1.54, 1.807) is 55.7 Å². The Morgan fingerprint density at radius 2 is 1.70 bits per heavy atom. The Bertz CT molecular complexity index is 1360. The van der Waals surface area contributed by atoms with Gasteiger partial charge in [-0.05, 0) is 65.6 Å². The van der Waals surface area contributed by atoms with E-state index < -0.39 is 0 Å². The molecule has 33 heavy (non-hydrogen) atoms. The molecule has 0 spiro atoms. The molecule has 3 aromatic carbocycles. The van der Waals surface area contributed by atoms with Crippen molar-refractivity contribution in [3.8, 4) is 17.1 Å². The van der Waals surface area contributed by atoms with Crippen molar-refractivity contribution in [2.45, 2.75) is 19.8 Å². The van der Waals surface area contributed by atoms with Gasteiger partial charge in [0.2, 0.25) is 5.91 Å². The molecule has 4 aromatic rings. The zero-order valence-electron chi connectivity index (χ0n) is 18.8. The number of hydrogen-bond donors (Lipinski definition) is 1. The standard InChI is InChI=1S/C28H25NO4/c1-18(2)20-7-4-19(5-8-20)6-15-28(31)29-22-11-9-21(10-12-22)27-17-25(30)24-16-23(32-3)13-14-26(24)33-27/h4-18H,1-3H3,(H,29,31)/b15-6+. The summed E-state index contributed by atoms with van der Waals surface area (Å²) in [5.74, 6) is 1.31. The van der Waals surface area contributed by atoms with Gasteiger partial charge in [0.15, 0.2) is 5.43 Å². The first-order chi connectivity index (χ1) is 15.9. The lowest BCUT2D eigenvalue weighted by Gasteiger charge is -2.07. The maximum absolute atomic E-state index is 12.5. The topological polar surface area (TPSA) is 68.5 Å². The van der Waals surface area contributed by atoms with Crippen LogP contribution in [0.25, 0.3) is 28.4 Å². The van der Waals surface area contributed by atoms with Gasteiger partial charge in [-0.25, -0.2) is 0 Å². The Kier molecular flexibility index (Phi) is 6.41. The van der Waals surface area contributed by atoms with Gasteiger partial charge in [-0.1, -0.05) is 38.1 Å². The van der Waals surface area contributed by atoms with Crippen LogP contribution < -0.4 is 15.5 Å². The number of amides is 1. The second-order valence-corrected chi connectivity index (χ2v) is 8.06. The molecule has 0 aliphatic heterocycles. The van der Waals surface area contributed by atoms with Crippen molar-refractivity contribution >= 4 is 28.6 Å². The van der Waals surface area contributed by atoms with Crippen LogP contribution in [0.2, 0.25) is 0 Å². The molecule has 5 nitrogen and oxygen atoms in total. The third kappa shape index (κ3) is 5.21. The number of hydrogen-bond acceptors (Lipinski definition) is 4. The number of carbonyl (C=O) groups excluding carboxylic acids is 1. The Balaban J connectivity index is 1.46. The maximum atomic E-state index is 12.5. The van der Waals surface area contributed by atoms with Crippen LogP contribution in [0, 0.1) is 0 Å². The normalized spacial score (nSPS) is 11.3. The number of methoxy groups -OCH3 is 1. The van der Waals surface area contributed by atoms with Crippen molar-refractivity contribution in [2.75, 3.05) is 12.4 Å². The van der Waals surface area contributed by atoms with E-state index in [1.807, 2.05) is 12.1 Å². The lowest BCUT2D eigenvalue weighted by molar-refractivity contribution is -0.111. The van der Waals surface area contributed by atoms with Crippen LogP contribution in [-0.4, -0.2) is 13.0 Å². The molecule has 0 radical (unpaired) electrons. The molecule has 0 fully saturated rings. The van der Waals surface area contributed by atoms with Crippen LogP contribution in [0.15, 0.2) is 88.1 Å². The maximum Gasteiger partial charge on any atom is 0.248 e. The van der Waals surface area contributed by atoms with Gasteiger partial charge in [0, 0.05) is 23.4 Å². The number of nitrogens with one attached hydrogen (secondary N) is 1. The first kappa shape index (κ1) is 22.1. The summed E-state index contributed by atoms with van der Waals surface area (Å²) in [6.45, 7) is 4.29. The molecule has 1 amide bonds. The molecule has 1 N–H and O–H groups in total. The molecule has 4 rings (SSSR count). The van der Waals surface area contributed by atoms with Gasteiger partial charge >= 0.3 is 0 Å². The molecule has 5 heteroatoms. The molecule has 0 bridgehead atoms. The minimum Gasteiger partial charge on any atom is -0.497 e. The van der Waals surface area contributed by atoms with Gasteiger partial charge < -0.3 is 14.5 Å². The molecule has 1 aromatic heterocycles. The first-order valence-electron chi connectivity index (χ1n) is 10.7. The second kappa shape index (κ2) is 9.57. The molecule has 0 atom stereocenters. The summed E-state index contributed by atoms with van der Waals surface area (Å²) in [7, 11) is 1.55. The van der Waals surface area contributed by atoms with Crippen LogP contribution in [0.3, 0.4) is 0 Å². The predicted molar refractivity (Wildman–Crippen MR) is 133 cm³/mol. The number of ether oxygens (including phenoxy) is 1. The second-order valence-electron chi connectivity index (χ2n) is 8.06. The minimum absolute atomic E-state index is 0.144. The van der Waals surface area contributed by atoms with E-state index in [4.69, 9.17) is 9.15 Å². The monoisotopic (exact) mass is 439 g/mol. The van der Waals surface area contributed by atoms with Crippen molar-refractivity contribution in [3.63, 3.8) is 0 Å². The van der Waals surface area contributed by atoms with Crippen molar-refractivity contribution in [3.05, 3.63) is 100 Å². The summed E-state index contributed by atoms with van der Waals surface area (Å²) >= 11 is 0. The summed E-state index contributed by atoms with van der Waals surface area (Å²) in [5.41, 5.74) is 3.96. The third-order valence-electron chi connectivity index (χ3n) is 5.40. The Morgan fingerprint density at radius 3 is 2.36 bits per heavy atom. The van der Waals surface area contributed by atoms with E-state index in [0.29, 0.717) is 34.1 Å². The van der Waals surface area contributed by atoms with Crippen molar-refractivity contribution in [2.24, 2.45) is 0 Å². The lowest BCUT2D eigenvalue weighted by Crippen LogP contribution is -2.07. The number of benzene rings is 3. The van der Waals surface area contributed by atoms with E-state index >= 15 is 0 Å². The van der Waals surface area contributed by atoms with Crippen LogP contribution >= 0.6 is 0 Å². The molecule has 0 saturated carbocycles. The highest BCUT2D eigenvalue weighted by Crippen LogP contribution is 2.25. The fraction of sp³-hybridized carbons (Fsp3) is 0.143. The van der Waals surface area contributed by atoms with E-state index in [-0.39, 0.29) is 11.3 Å². The molecule has 166 valence electrons. The molecule has 1 heterocycles. The van der Waals surface area contributed by atoms with E-state index in [9.17, 15) is 9.59 Å². The summed E-state index contributed by atoms with van der Waals surface area (Å²) in [6.07, 6.45) is 3.29. The Morgan fingerprint density at radius 1 is 0.970 bits per heavy atom. The van der Waals surface area contributed by atoms with Crippen LogP contribution in [0.5, 0.6) is 5.75 Å². The zero-order valence-corrected chi connectivity index (χ0v) is 18.8. The first-order valence-corrected chi connectivity index (χ1v) is 10.7. The SMILES string of the molecule is COc1ccc2oc(-c3ccc(NC(=O)/C=C/c4ccc(C(C)C)cc4)cc3)cc(=O)c2c1. The van der Waals surface area contributed by atoms with Crippen molar-refractivity contribution in [1.82, 2.24) is 0 Å². The van der Waals surface area contributed by atoms with Gasteiger partial charge in [-0.2, -0.15) is 0 Å². The Labute approximate surface area is 192 Å². The van der Waals surface area contributed by atoms with Gasteiger partial charge in [0.05, 0.1) is 12.5 Å². The number of anilines is 1. The smallest absolute Gasteiger partial charge is 0.248 e. The summed E-state index contributed by atoms with van der Waals surface area (Å²) in [6, 6.07) is 21.9. The third-order valence-corrected chi connectivity index (χ3v) is 5.40. The molecule has 0 unspecified atom stereocenters. The summed E-state index contributed by atoms with van der Waals surface area (Å²) < 4.78 is 11.1. The highest BCUT2D eigenvalue weighted by molar-refractivity contribution is 6.02. The fourth-order valence-electron chi connectivity index (χ4n) is 3.47. The number of carbonyl (C=O) groups is 1. The molecule has 0 saturated heterocycles. The summed E-state index contributed by atoms with van der Waals surface area (Å²) in [5, 5.41) is 3.31. The van der Waals surface area contributed by atoms with E-state index in [2.05, 4.69) is 31.3 Å². The van der Waals surface area contributed by atoms with E-state index in [1.165, 1.54) is 17.7 Å². The van der Waals surface area contributed by atoms with Gasteiger partial charge in [0.1, 0.15) is 17.1 Å². The van der Waals surface area contributed by atoms with Crippen molar-refractivity contribution in [1.29, 1.82) is 0 Å². The number of fused-ring (bicyclic) bond motifs is 1. The van der Waals surface area contributed by atoms with Crippen LogP contribution in [0.4, 0.5) is 5.69 Å². The quantitative estimate of drug-likeness (QED) is 0.361.